The Labute approximate surface area is 119 Å². The van der Waals surface area contributed by atoms with Gasteiger partial charge in [-0.05, 0) is 66.6 Å². The van der Waals surface area contributed by atoms with Crippen LogP contribution in [0.4, 0.5) is 4.39 Å². The second kappa shape index (κ2) is 5.37. The van der Waals surface area contributed by atoms with E-state index in [1.807, 2.05) is 12.1 Å². The first-order chi connectivity index (χ1) is 9.65. The number of rotatable bonds is 4. The standard InChI is InChI=1S/C18H20FN/c1-12-4-3-5-17(13(12)2)18-10-15(19)7-6-14(18)11-20-16-8-9-16/h3-7,10,16,20H,8-9,11H2,1-2H3. The molecule has 0 aliphatic heterocycles. The molecule has 0 heterocycles. The Morgan fingerprint density at radius 1 is 1.10 bits per heavy atom. The van der Waals surface area contributed by atoms with Gasteiger partial charge in [-0.25, -0.2) is 4.39 Å². The number of halogens is 1. The van der Waals surface area contributed by atoms with Crippen molar-refractivity contribution in [2.75, 3.05) is 0 Å². The van der Waals surface area contributed by atoms with Gasteiger partial charge in [0, 0.05) is 12.6 Å². The first-order valence-electron chi connectivity index (χ1n) is 7.23. The number of aryl methyl sites for hydroxylation is 1. The molecule has 1 fully saturated rings. The fraction of sp³-hybridized carbons (Fsp3) is 0.333. The molecule has 0 saturated heterocycles. The maximum Gasteiger partial charge on any atom is 0.123 e. The summed E-state index contributed by atoms with van der Waals surface area (Å²) in [6, 6.07) is 12.0. The molecule has 0 bridgehead atoms. The van der Waals surface area contributed by atoms with E-state index in [4.69, 9.17) is 0 Å². The summed E-state index contributed by atoms with van der Waals surface area (Å²) in [6.07, 6.45) is 2.53. The molecule has 0 spiro atoms. The monoisotopic (exact) mass is 269 g/mol. The molecule has 20 heavy (non-hydrogen) atoms. The largest absolute Gasteiger partial charge is 0.310 e. The Morgan fingerprint density at radius 3 is 2.65 bits per heavy atom. The Hall–Kier alpha value is -1.67. The zero-order valence-corrected chi connectivity index (χ0v) is 12.0. The van der Waals surface area contributed by atoms with E-state index in [1.54, 1.807) is 12.1 Å². The first kappa shape index (κ1) is 13.3. The molecule has 0 radical (unpaired) electrons. The highest BCUT2D eigenvalue weighted by Crippen LogP contribution is 2.30. The fourth-order valence-corrected chi connectivity index (χ4v) is 2.54. The molecule has 0 amide bonds. The minimum absolute atomic E-state index is 0.170. The van der Waals surface area contributed by atoms with Gasteiger partial charge >= 0.3 is 0 Å². The van der Waals surface area contributed by atoms with Crippen LogP contribution in [0.3, 0.4) is 0 Å². The van der Waals surface area contributed by atoms with E-state index < -0.39 is 0 Å². The van der Waals surface area contributed by atoms with E-state index in [1.165, 1.54) is 29.5 Å². The zero-order chi connectivity index (χ0) is 14.1. The molecule has 0 aromatic heterocycles. The van der Waals surface area contributed by atoms with E-state index in [9.17, 15) is 4.39 Å². The summed E-state index contributed by atoms with van der Waals surface area (Å²) >= 11 is 0. The van der Waals surface area contributed by atoms with Gasteiger partial charge in [0.2, 0.25) is 0 Å². The lowest BCUT2D eigenvalue weighted by molar-refractivity contribution is 0.625. The highest BCUT2D eigenvalue weighted by Gasteiger charge is 2.20. The predicted octanol–water partition coefficient (Wildman–Crippen LogP) is 4.36. The predicted molar refractivity (Wildman–Crippen MR) is 81.2 cm³/mol. The van der Waals surface area contributed by atoms with Crippen LogP contribution in [-0.2, 0) is 6.54 Å². The summed E-state index contributed by atoms with van der Waals surface area (Å²) in [5.41, 5.74) is 5.79. The molecule has 1 aliphatic carbocycles. The van der Waals surface area contributed by atoms with Gasteiger partial charge in [0.1, 0.15) is 5.82 Å². The zero-order valence-electron chi connectivity index (χ0n) is 12.0. The lowest BCUT2D eigenvalue weighted by Crippen LogP contribution is -2.16. The van der Waals surface area contributed by atoms with Crippen molar-refractivity contribution in [3.8, 4) is 11.1 Å². The van der Waals surface area contributed by atoms with Crippen molar-refractivity contribution in [3.63, 3.8) is 0 Å². The smallest absolute Gasteiger partial charge is 0.123 e. The van der Waals surface area contributed by atoms with Gasteiger partial charge in [-0.3, -0.25) is 0 Å². The first-order valence-corrected chi connectivity index (χ1v) is 7.23. The minimum Gasteiger partial charge on any atom is -0.310 e. The molecule has 1 N–H and O–H groups in total. The van der Waals surface area contributed by atoms with Crippen LogP contribution >= 0.6 is 0 Å². The van der Waals surface area contributed by atoms with Crippen LogP contribution in [0, 0.1) is 19.7 Å². The molecule has 1 aliphatic rings. The highest BCUT2D eigenvalue weighted by molar-refractivity contribution is 5.71. The van der Waals surface area contributed by atoms with Gasteiger partial charge in [0.25, 0.3) is 0 Å². The van der Waals surface area contributed by atoms with Crippen molar-refractivity contribution in [2.24, 2.45) is 0 Å². The third-order valence-corrected chi connectivity index (χ3v) is 4.13. The van der Waals surface area contributed by atoms with Crippen LogP contribution in [0.1, 0.15) is 29.5 Å². The molecule has 2 heteroatoms. The van der Waals surface area contributed by atoms with Gasteiger partial charge in [0.15, 0.2) is 0 Å². The molecular formula is C18H20FN. The molecule has 0 unspecified atom stereocenters. The molecule has 2 aromatic rings. The maximum atomic E-state index is 13.7. The maximum absolute atomic E-state index is 13.7. The van der Waals surface area contributed by atoms with Crippen molar-refractivity contribution in [1.82, 2.24) is 5.32 Å². The van der Waals surface area contributed by atoms with Crippen molar-refractivity contribution < 1.29 is 4.39 Å². The quantitative estimate of drug-likeness (QED) is 0.869. The van der Waals surface area contributed by atoms with Gasteiger partial charge in [0.05, 0.1) is 0 Å². The molecular weight excluding hydrogens is 249 g/mol. The molecule has 1 saturated carbocycles. The average molecular weight is 269 g/mol. The Morgan fingerprint density at radius 2 is 1.90 bits per heavy atom. The molecule has 0 atom stereocenters. The lowest BCUT2D eigenvalue weighted by atomic mass is 9.93. The molecule has 3 rings (SSSR count). The Balaban J connectivity index is 2.01. The topological polar surface area (TPSA) is 12.0 Å². The number of hydrogen-bond donors (Lipinski definition) is 1. The third kappa shape index (κ3) is 2.75. The summed E-state index contributed by atoms with van der Waals surface area (Å²) in [6.45, 7) is 5.02. The van der Waals surface area contributed by atoms with Crippen LogP contribution in [0.2, 0.25) is 0 Å². The summed E-state index contributed by atoms with van der Waals surface area (Å²) in [5, 5.41) is 3.51. The lowest BCUT2D eigenvalue weighted by Gasteiger charge is -2.14. The van der Waals surface area contributed by atoms with Gasteiger partial charge in [-0.2, -0.15) is 0 Å². The van der Waals surface area contributed by atoms with E-state index >= 15 is 0 Å². The Bertz CT molecular complexity index is 629. The normalized spacial score (nSPS) is 14.6. The van der Waals surface area contributed by atoms with Crippen LogP contribution in [0.25, 0.3) is 11.1 Å². The molecule has 1 nitrogen and oxygen atoms in total. The second-order valence-electron chi connectivity index (χ2n) is 5.70. The van der Waals surface area contributed by atoms with Crippen molar-refractivity contribution in [3.05, 3.63) is 58.9 Å². The summed E-state index contributed by atoms with van der Waals surface area (Å²) in [5.74, 6) is -0.170. The van der Waals surface area contributed by atoms with E-state index in [0.29, 0.717) is 6.04 Å². The van der Waals surface area contributed by atoms with Crippen LogP contribution in [-0.4, -0.2) is 6.04 Å². The van der Waals surface area contributed by atoms with Crippen LogP contribution in [0.5, 0.6) is 0 Å². The second-order valence-corrected chi connectivity index (χ2v) is 5.70. The summed E-state index contributed by atoms with van der Waals surface area (Å²) < 4.78 is 13.7. The van der Waals surface area contributed by atoms with Gasteiger partial charge < -0.3 is 5.32 Å². The van der Waals surface area contributed by atoms with Crippen LogP contribution < -0.4 is 5.32 Å². The Kier molecular flexibility index (Phi) is 3.58. The number of hydrogen-bond acceptors (Lipinski definition) is 1. The molecule has 2 aromatic carbocycles. The van der Waals surface area contributed by atoms with E-state index in [0.717, 1.165) is 17.7 Å². The third-order valence-electron chi connectivity index (χ3n) is 4.13. The van der Waals surface area contributed by atoms with Crippen molar-refractivity contribution in [2.45, 2.75) is 39.3 Å². The van der Waals surface area contributed by atoms with Crippen molar-refractivity contribution in [1.29, 1.82) is 0 Å². The van der Waals surface area contributed by atoms with Crippen molar-refractivity contribution >= 4 is 0 Å². The molecule has 104 valence electrons. The highest BCUT2D eigenvalue weighted by atomic mass is 19.1. The van der Waals surface area contributed by atoms with E-state index in [2.05, 4.69) is 31.3 Å². The fourth-order valence-electron chi connectivity index (χ4n) is 2.54. The van der Waals surface area contributed by atoms with Gasteiger partial charge in [-0.15, -0.1) is 0 Å². The SMILES string of the molecule is Cc1cccc(-c2cc(F)ccc2CNC2CC2)c1C. The number of benzene rings is 2. The number of nitrogens with one attached hydrogen (secondary N) is 1. The van der Waals surface area contributed by atoms with Crippen LogP contribution in [0.15, 0.2) is 36.4 Å². The van der Waals surface area contributed by atoms with Gasteiger partial charge in [-0.1, -0.05) is 24.3 Å². The summed E-state index contributed by atoms with van der Waals surface area (Å²) in [7, 11) is 0. The average Bonchev–Trinajstić information content (AvgIpc) is 3.25. The summed E-state index contributed by atoms with van der Waals surface area (Å²) in [4.78, 5) is 0. The minimum atomic E-state index is -0.170. The van der Waals surface area contributed by atoms with E-state index in [-0.39, 0.29) is 5.82 Å².